The lowest BCUT2D eigenvalue weighted by atomic mass is 9.58. The molecule has 9 heteroatoms. The van der Waals surface area contributed by atoms with Crippen LogP contribution < -0.4 is 0 Å². The Kier molecular flexibility index (Phi) is 6.48. The van der Waals surface area contributed by atoms with Crippen LogP contribution in [0.15, 0.2) is 0 Å². The van der Waals surface area contributed by atoms with E-state index in [1.54, 1.807) is 13.8 Å². The SMILES string of the molecule is [2H]C([2H])(C[C@@]1(C)C(C)CC(C)[C@@]1(C)[C+](C)OS(=O)(=O)C(F)(F)F)O[Si](C)(C)C(C)(C)C. The van der Waals surface area contributed by atoms with E-state index in [0.29, 0.717) is 6.42 Å². The molecule has 0 N–H and O–H groups in total. The van der Waals surface area contributed by atoms with Gasteiger partial charge in [-0.15, -0.1) is 0 Å². The van der Waals surface area contributed by atoms with E-state index < -0.39 is 41.3 Å². The minimum Gasteiger partial charge on any atom is -0.417 e. The van der Waals surface area contributed by atoms with E-state index >= 15 is 0 Å². The summed E-state index contributed by atoms with van der Waals surface area (Å²) in [6.07, 6.45) is 0.226. The molecule has 1 fully saturated rings. The third-order valence-corrected chi connectivity index (χ3v) is 13.1. The van der Waals surface area contributed by atoms with E-state index in [0.717, 1.165) is 0 Å². The predicted octanol–water partition coefficient (Wildman–Crippen LogP) is 6.50. The summed E-state index contributed by atoms with van der Waals surface area (Å²) >= 11 is 0. The first-order valence-electron chi connectivity index (χ1n) is 10.9. The maximum atomic E-state index is 12.9. The quantitative estimate of drug-likeness (QED) is 0.188. The van der Waals surface area contributed by atoms with Crippen molar-refractivity contribution in [1.82, 2.24) is 0 Å². The van der Waals surface area contributed by atoms with Crippen LogP contribution in [-0.4, -0.2) is 28.8 Å². The molecule has 0 amide bonds. The molecule has 0 bridgehead atoms. The summed E-state index contributed by atoms with van der Waals surface area (Å²) in [6, 6.07) is 0. The van der Waals surface area contributed by atoms with Crippen LogP contribution in [0.2, 0.25) is 18.1 Å². The van der Waals surface area contributed by atoms with Crippen LogP contribution in [0.1, 0.15) is 71.0 Å². The molecule has 172 valence electrons. The second-order valence-electron chi connectivity index (χ2n) is 10.4. The summed E-state index contributed by atoms with van der Waals surface area (Å²) in [6.45, 7) is 16.3. The molecule has 0 spiro atoms. The fraction of sp³-hybridized carbons (Fsp3) is 0.950. The summed E-state index contributed by atoms with van der Waals surface area (Å²) in [5.41, 5.74) is -7.55. The molecule has 0 aromatic heterocycles. The molecule has 4 nitrogen and oxygen atoms in total. The van der Waals surface area contributed by atoms with Crippen molar-refractivity contribution in [2.45, 2.75) is 91.9 Å². The highest BCUT2D eigenvalue weighted by atomic mass is 32.2. The maximum Gasteiger partial charge on any atom is 0.526 e. The van der Waals surface area contributed by atoms with Crippen molar-refractivity contribution in [3.8, 4) is 0 Å². The highest BCUT2D eigenvalue weighted by Crippen LogP contribution is 2.65. The van der Waals surface area contributed by atoms with E-state index in [-0.39, 0.29) is 29.4 Å². The molecule has 0 saturated heterocycles. The van der Waals surface area contributed by atoms with Crippen LogP contribution in [0, 0.1) is 28.8 Å². The Hall–Kier alpha value is -0.253. The van der Waals surface area contributed by atoms with Crippen molar-refractivity contribution in [2.75, 3.05) is 6.56 Å². The minimum absolute atomic E-state index is 0.0960. The summed E-state index contributed by atoms with van der Waals surface area (Å²) in [5, 5.41) is -0.231. The fourth-order valence-electron chi connectivity index (χ4n) is 4.03. The van der Waals surface area contributed by atoms with E-state index in [1.165, 1.54) is 6.92 Å². The Balaban J connectivity index is 3.36. The largest absolute Gasteiger partial charge is 0.526 e. The van der Waals surface area contributed by atoms with Crippen molar-refractivity contribution in [3.63, 3.8) is 0 Å². The lowest BCUT2D eigenvalue weighted by molar-refractivity contribution is -0.0623. The molecule has 2 unspecified atom stereocenters. The van der Waals surface area contributed by atoms with Gasteiger partial charge in [0.2, 0.25) is 0 Å². The lowest BCUT2D eigenvalue weighted by Crippen LogP contribution is -2.47. The normalized spacial score (nSPS) is 33.4. The summed E-state index contributed by atoms with van der Waals surface area (Å²) in [7, 11) is -8.29. The van der Waals surface area contributed by atoms with Gasteiger partial charge in [0.05, 0.1) is 2.74 Å². The molecule has 1 aliphatic carbocycles. The number of hydrogen-bond donors (Lipinski definition) is 0. The van der Waals surface area contributed by atoms with Crippen LogP contribution in [0.3, 0.4) is 0 Å². The Morgan fingerprint density at radius 3 is 2.07 bits per heavy atom. The zero-order valence-corrected chi connectivity index (χ0v) is 21.1. The molecule has 1 saturated carbocycles. The van der Waals surface area contributed by atoms with Crippen LogP contribution in [0.25, 0.3) is 0 Å². The van der Waals surface area contributed by atoms with Gasteiger partial charge in [0.25, 0.3) is 6.10 Å². The first-order valence-corrected chi connectivity index (χ1v) is 14.2. The second-order valence-corrected chi connectivity index (χ2v) is 16.6. The number of hydrogen-bond acceptors (Lipinski definition) is 4. The van der Waals surface area contributed by atoms with Gasteiger partial charge in [0, 0.05) is 17.9 Å². The maximum absolute atomic E-state index is 12.9. The molecule has 0 radical (unpaired) electrons. The third kappa shape index (κ3) is 4.82. The van der Waals surface area contributed by atoms with Gasteiger partial charge >= 0.3 is 15.6 Å². The van der Waals surface area contributed by atoms with Gasteiger partial charge in [0.15, 0.2) is 13.7 Å². The highest BCUT2D eigenvalue weighted by Gasteiger charge is 2.69. The monoisotopic (exact) mass is 461 g/mol. The Bertz CT molecular complexity index is 767. The highest BCUT2D eigenvalue weighted by molar-refractivity contribution is 7.87. The van der Waals surface area contributed by atoms with Crippen LogP contribution in [0.4, 0.5) is 13.2 Å². The smallest absolute Gasteiger partial charge is 0.417 e. The van der Waals surface area contributed by atoms with Gasteiger partial charge in [-0.2, -0.15) is 21.6 Å². The summed E-state index contributed by atoms with van der Waals surface area (Å²) in [4.78, 5) is 0. The second kappa shape index (κ2) is 8.02. The summed E-state index contributed by atoms with van der Waals surface area (Å²) in [5.74, 6) is -0.322. The van der Waals surface area contributed by atoms with E-state index in [9.17, 15) is 21.6 Å². The van der Waals surface area contributed by atoms with Crippen LogP contribution in [-0.2, 0) is 18.7 Å². The van der Waals surface area contributed by atoms with Gasteiger partial charge in [-0.25, -0.2) is 0 Å². The summed E-state index contributed by atoms with van der Waals surface area (Å²) < 4.78 is 90.1. The van der Waals surface area contributed by atoms with Gasteiger partial charge in [-0.3, -0.25) is 0 Å². The molecule has 0 aromatic carbocycles. The topological polar surface area (TPSA) is 52.6 Å². The van der Waals surface area contributed by atoms with Crippen LogP contribution in [0.5, 0.6) is 0 Å². The first-order chi connectivity index (χ1) is 13.3. The van der Waals surface area contributed by atoms with Gasteiger partial charge in [0.1, 0.15) is 6.92 Å². The van der Waals surface area contributed by atoms with E-state index in [1.807, 2.05) is 47.7 Å². The van der Waals surface area contributed by atoms with E-state index in [4.69, 9.17) is 7.17 Å². The molecule has 0 aromatic rings. The number of halogens is 3. The molecule has 29 heavy (non-hydrogen) atoms. The minimum atomic E-state index is -5.81. The molecular formula is C20H38F3O4SSi+. The molecular weight excluding hydrogens is 421 g/mol. The molecule has 4 atom stereocenters. The Morgan fingerprint density at radius 2 is 1.66 bits per heavy atom. The van der Waals surface area contributed by atoms with Crippen molar-refractivity contribution in [3.05, 3.63) is 6.10 Å². The average molecular weight is 462 g/mol. The van der Waals surface area contributed by atoms with Gasteiger partial charge < -0.3 is 4.43 Å². The van der Waals surface area contributed by atoms with Crippen molar-refractivity contribution >= 4 is 18.4 Å². The zero-order valence-electron chi connectivity index (χ0n) is 21.2. The van der Waals surface area contributed by atoms with Crippen molar-refractivity contribution < 1.29 is 32.9 Å². The molecule has 0 aliphatic heterocycles. The number of alkyl halides is 3. The third-order valence-electron chi connectivity index (χ3n) is 7.79. The zero-order chi connectivity index (χ0) is 25.1. The fourth-order valence-corrected chi connectivity index (χ4v) is 5.36. The molecule has 0 heterocycles. The lowest BCUT2D eigenvalue weighted by Gasteiger charge is -2.43. The average Bonchev–Trinajstić information content (AvgIpc) is 2.64. The van der Waals surface area contributed by atoms with Gasteiger partial charge in [-0.1, -0.05) is 45.7 Å². The Morgan fingerprint density at radius 1 is 1.17 bits per heavy atom. The van der Waals surface area contributed by atoms with E-state index in [2.05, 4.69) is 4.18 Å². The predicted molar refractivity (Wildman–Crippen MR) is 112 cm³/mol. The van der Waals surface area contributed by atoms with Crippen molar-refractivity contribution in [1.29, 1.82) is 0 Å². The first kappa shape index (κ1) is 23.4. The standard InChI is InChI=1S/C20H38F3O4SSi/c1-14-13-15(2)19(8,16(3)27-28(24,25)20(21,22)23)18(14,7)11-12-26-29(9,10)17(4,5)6/h14-15H,11-13H2,1-10H3/q+1/t14?,15?,18-,19-/m0/s1/i12D2. The van der Waals surface area contributed by atoms with Crippen molar-refractivity contribution in [2.24, 2.45) is 22.7 Å². The van der Waals surface area contributed by atoms with Crippen LogP contribution >= 0.6 is 0 Å². The Labute approximate surface area is 179 Å². The van der Waals surface area contributed by atoms with Gasteiger partial charge in [-0.05, 0) is 43.8 Å². The number of rotatable bonds is 7. The molecule has 1 rings (SSSR count). The molecule has 1 aliphatic rings.